The fraction of sp³-hybridized carbons (Fsp3) is 0.647. The Morgan fingerprint density at radius 3 is 2.95 bits per heavy atom. The molecule has 5 heteroatoms. The van der Waals surface area contributed by atoms with Crippen LogP contribution in [0.1, 0.15) is 30.4 Å². The predicted octanol–water partition coefficient (Wildman–Crippen LogP) is 1.84. The normalized spacial score (nSPS) is 41.4. The third kappa shape index (κ3) is 1.46. The van der Waals surface area contributed by atoms with Gasteiger partial charge in [-0.3, -0.25) is 0 Å². The van der Waals surface area contributed by atoms with Crippen LogP contribution in [0, 0.1) is 5.92 Å². The molecule has 1 aromatic carbocycles. The van der Waals surface area contributed by atoms with Crippen LogP contribution in [0.15, 0.2) is 12.1 Å². The quantitative estimate of drug-likeness (QED) is 0.765. The van der Waals surface area contributed by atoms with Crippen LogP contribution in [-0.4, -0.2) is 47.0 Å². The SMILES string of the molecule is CN1CCC23c4c5ccc(O)c4OC2C(O)CCC3C1C5.Cl. The Morgan fingerprint density at radius 1 is 1.32 bits per heavy atom. The molecular weight excluding hydrogens is 302 g/mol. The Kier molecular flexibility index (Phi) is 3.01. The van der Waals surface area contributed by atoms with Crippen molar-refractivity contribution in [1.29, 1.82) is 0 Å². The lowest BCUT2D eigenvalue weighted by atomic mass is 9.51. The monoisotopic (exact) mass is 323 g/mol. The van der Waals surface area contributed by atoms with Crippen molar-refractivity contribution in [3.63, 3.8) is 0 Å². The molecule has 4 nitrogen and oxygen atoms in total. The van der Waals surface area contributed by atoms with Gasteiger partial charge in [-0.2, -0.15) is 0 Å². The highest BCUT2D eigenvalue weighted by Gasteiger charge is 2.65. The zero-order valence-corrected chi connectivity index (χ0v) is 13.5. The molecule has 2 aliphatic heterocycles. The van der Waals surface area contributed by atoms with E-state index in [1.165, 1.54) is 11.1 Å². The molecule has 2 fully saturated rings. The molecule has 1 spiro atoms. The Morgan fingerprint density at radius 2 is 2.14 bits per heavy atom. The fourth-order valence-electron chi connectivity index (χ4n) is 5.71. The first-order chi connectivity index (χ1) is 10.1. The number of likely N-dealkylation sites (tertiary alicyclic amines) is 1. The first-order valence-electron chi connectivity index (χ1n) is 8.03. The topological polar surface area (TPSA) is 52.9 Å². The highest BCUT2D eigenvalue weighted by atomic mass is 35.5. The molecule has 120 valence electrons. The molecule has 0 amide bonds. The summed E-state index contributed by atoms with van der Waals surface area (Å²) in [5, 5.41) is 20.8. The summed E-state index contributed by atoms with van der Waals surface area (Å²) in [6.45, 7) is 1.04. The molecule has 5 atom stereocenters. The first kappa shape index (κ1) is 14.6. The summed E-state index contributed by atoms with van der Waals surface area (Å²) in [5.41, 5.74) is 2.46. The van der Waals surface area contributed by atoms with Gasteiger partial charge in [0, 0.05) is 17.0 Å². The molecule has 1 saturated heterocycles. The van der Waals surface area contributed by atoms with Gasteiger partial charge in [-0.1, -0.05) is 6.07 Å². The number of benzene rings is 1. The highest BCUT2D eigenvalue weighted by molar-refractivity contribution is 5.85. The molecule has 2 N–H and O–H groups in total. The van der Waals surface area contributed by atoms with Crippen molar-refractivity contribution in [2.75, 3.05) is 13.6 Å². The molecule has 2 bridgehead atoms. The van der Waals surface area contributed by atoms with Gasteiger partial charge in [0.2, 0.25) is 0 Å². The molecule has 22 heavy (non-hydrogen) atoms. The second-order valence-electron chi connectivity index (χ2n) is 7.28. The number of hydrogen-bond acceptors (Lipinski definition) is 4. The van der Waals surface area contributed by atoms with Gasteiger partial charge in [-0.05, 0) is 56.8 Å². The summed E-state index contributed by atoms with van der Waals surface area (Å²) in [5.74, 6) is 1.44. The molecule has 0 aromatic heterocycles. The van der Waals surface area contributed by atoms with Crippen molar-refractivity contribution in [2.45, 2.75) is 49.3 Å². The Balaban J connectivity index is 0.00000125. The van der Waals surface area contributed by atoms with Crippen molar-refractivity contribution in [1.82, 2.24) is 4.90 Å². The van der Waals surface area contributed by atoms with E-state index in [1.807, 2.05) is 0 Å². The predicted molar refractivity (Wildman–Crippen MR) is 84.9 cm³/mol. The molecular formula is C17H22ClNO3. The number of hydrogen-bond donors (Lipinski definition) is 2. The van der Waals surface area contributed by atoms with Crippen molar-refractivity contribution in [3.05, 3.63) is 23.3 Å². The first-order valence-corrected chi connectivity index (χ1v) is 8.03. The lowest BCUT2D eigenvalue weighted by molar-refractivity contribution is -0.0993. The van der Waals surface area contributed by atoms with Crippen LogP contribution >= 0.6 is 12.4 Å². The van der Waals surface area contributed by atoms with Gasteiger partial charge in [0.25, 0.3) is 0 Å². The molecule has 1 saturated carbocycles. The second-order valence-corrected chi connectivity index (χ2v) is 7.28. The Labute approximate surface area is 136 Å². The third-order valence-corrected chi connectivity index (χ3v) is 6.56. The summed E-state index contributed by atoms with van der Waals surface area (Å²) in [6, 6.07) is 4.36. The van der Waals surface area contributed by atoms with Crippen LogP contribution in [0.25, 0.3) is 0 Å². The van der Waals surface area contributed by atoms with Gasteiger partial charge in [-0.15, -0.1) is 12.4 Å². The Hall–Kier alpha value is -0.970. The number of phenols is 1. The van der Waals surface area contributed by atoms with Gasteiger partial charge in [0.15, 0.2) is 11.5 Å². The van der Waals surface area contributed by atoms with Gasteiger partial charge < -0.3 is 19.8 Å². The van der Waals surface area contributed by atoms with E-state index in [9.17, 15) is 10.2 Å². The van der Waals surface area contributed by atoms with E-state index < -0.39 is 6.10 Å². The number of nitrogens with zero attached hydrogens (tertiary/aromatic N) is 1. The lowest BCUT2D eigenvalue weighted by Gasteiger charge is -2.58. The van der Waals surface area contributed by atoms with Gasteiger partial charge in [0.1, 0.15) is 6.10 Å². The number of piperidine rings is 1. The summed E-state index contributed by atoms with van der Waals surface area (Å²) in [6.07, 6.45) is 3.35. The number of aromatic hydroxyl groups is 1. The van der Waals surface area contributed by atoms with Crippen LogP contribution in [0.5, 0.6) is 11.5 Å². The number of ether oxygens (including phenoxy) is 1. The van der Waals surface area contributed by atoms with Crippen molar-refractivity contribution in [3.8, 4) is 11.5 Å². The van der Waals surface area contributed by atoms with Crippen LogP contribution in [0.2, 0.25) is 0 Å². The number of aliphatic hydroxyl groups is 1. The average Bonchev–Trinajstić information content (AvgIpc) is 2.83. The van der Waals surface area contributed by atoms with E-state index in [-0.39, 0.29) is 29.7 Å². The molecule has 5 rings (SSSR count). The molecule has 0 radical (unpaired) electrons. The fourth-order valence-corrected chi connectivity index (χ4v) is 5.71. The van der Waals surface area contributed by atoms with Crippen LogP contribution < -0.4 is 4.74 Å². The van der Waals surface area contributed by atoms with Gasteiger partial charge in [0.05, 0.1) is 6.10 Å². The van der Waals surface area contributed by atoms with E-state index in [0.717, 1.165) is 32.2 Å². The average molecular weight is 324 g/mol. The zero-order chi connectivity index (χ0) is 14.4. The maximum absolute atomic E-state index is 10.5. The van der Waals surface area contributed by atoms with E-state index in [4.69, 9.17) is 4.74 Å². The molecule has 5 unspecified atom stereocenters. The smallest absolute Gasteiger partial charge is 0.165 e. The molecule has 2 aliphatic carbocycles. The van der Waals surface area contributed by atoms with Crippen molar-refractivity contribution in [2.24, 2.45) is 5.92 Å². The number of rotatable bonds is 0. The summed E-state index contributed by atoms with van der Waals surface area (Å²) < 4.78 is 6.14. The van der Waals surface area contributed by atoms with E-state index in [1.54, 1.807) is 6.07 Å². The lowest BCUT2D eigenvalue weighted by Crippen LogP contribution is -2.66. The van der Waals surface area contributed by atoms with E-state index in [2.05, 4.69) is 18.0 Å². The van der Waals surface area contributed by atoms with Crippen molar-refractivity contribution >= 4 is 12.4 Å². The third-order valence-electron chi connectivity index (χ3n) is 6.56. The van der Waals surface area contributed by atoms with Crippen molar-refractivity contribution < 1.29 is 14.9 Å². The summed E-state index contributed by atoms with van der Waals surface area (Å²) >= 11 is 0. The Bertz CT molecular complexity index is 637. The highest BCUT2D eigenvalue weighted by Crippen LogP contribution is 2.63. The van der Waals surface area contributed by atoms with E-state index >= 15 is 0 Å². The summed E-state index contributed by atoms with van der Waals surface area (Å²) in [4.78, 5) is 2.48. The van der Waals surface area contributed by atoms with Gasteiger partial charge in [-0.25, -0.2) is 0 Å². The van der Waals surface area contributed by atoms with Crippen LogP contribution in [0.4, 0.5) is 0 Å². The maximum atomic E-state index is 10.5. The van der Waals surface area contributed by atoms with Gasteiger partial charge >= 0.3 is 0 Å². The number of aliphatic hydroxyl groups excluding tert-OH is 1. The minimum Gasteiger partial charge on any atom is -0.504 e. The molecule has 4 aliphatic rings. The standard InChI is InChI=1S/C17H21NO3.ClH/c1-18-7-6-17-10-3-5-13(20)16(17)21-15-12(19)4-2-9(14(15)17)8-11(10)18;/h2,4,10-11,13,16,19-20H,3,5-8H2,1H3;1H. The van der Waals surface area contributed by atoms with Crippen LogP contribution in [-0.2, 0) is 11.8 Å². The number of halogens is 1. The molecule has 2 heterocycles. The minimum absolute atomic E-state index is 0. The summed E-state index contributed by atoms with van der Waals surface area (Å²) in [7, 11) is 2.22. The van der Waals surface area contributed by atoms with Crippen LogP contribution in [0.3, 0.4) is 0 Å². The van der Waals surface area contributed by atoms with E-state index in [0.29, 0.717) is 17.7 Å². The zero-order valence-electron chi connectivity index (χ0n) is 12.7. The minimum atomic E-state index is -0.414. The molecule has 1 aromatic rings. The largest absolute Gasteiger partial charge is 0.504 e. The number of likely N-dealkylation sites (N-methyl/N-ethyl adjacent to an activating group) is 1. The number of phenolic OH excluding ortho intramolecular Hbond substituents is 1. The second kappa shape index (κ2) is 4.53. The maximum Gasteiger partial charge on any atom is 0.165 e.